The highest BCUT2D eigenvalue weighted by atomic mass is 35.5. The fraction of sp³-hybridized carbons (Fsp3) is 0.143. The van der Waals surface area contributed by atoms with Gasteiger partial charge in [0, 0.05) is 6.07 Å². The van der Waals surface area contributed by atoms with E-state index < -0.39 is 10.9 Å². The molecule has 0 radical (unpaired) electrons. The van der Waals surface area contributed by atoms with Gasteiger partial charge in [-0.05, 0) is 18.2 Å². The number of rotatable bonds is 7. The maximum atomic E-state index is 11.8. The SMILES string of the molecule is O=C(CSc1ccccc1[N+](=O)[O-])OCC(=O)c1ccc(Cl)s1. The molecule has 9 heteroatoms. The van der Waals surface area contributed by atoms with Crippen LogP contribution in [0.4, 0.5) is 5.69 Å². The van der Waals surface area contributed by atoms with Crippen molar-refractivity contribution in [3.8, 4) is 0 Å². The van der Waals surface area contributed by atoms with E-state index >= 15 is 0 Å². The Morgan fingerprint density at radius 2 is 2.00 bits per heavy atom. The van der Waals surface area contributed by atoms with Crippen LogP contribution in [0.25, 0.3) is 0 Å². The molecule has 1 aromatic heterocycles. The molecule has 1 heterocycles. The predicted molar refractivity (Wildman–Crippen MR) is 88.4 cm³/mol. The Balaban J connectivity index is 1.84. The van der Waals surface area contributed by atoms with Crippen molar-refractivity contribution in [3.63, 3.8) is 0 Å². The molecule has 0 saturated carbocycles. The standard InChI is InChI=1S/C14H10ClNO5S2/c15-13-6-5-12(23-13)10(17)7-21-14(18)8-22-11-4-2-1-3-9(11)16(19)20/h1-6H,7-8H2. The lowest BCUT2D eigenvalue weighted by Gasteiger charge is -2.04. The number of esters is 1. The molecular weight excluding hydrogens is 362 g/mol. The molecule has 0 unspecified atom stereocenters. The summed E-state index contributed by atoms with van der Waals surface area (Å²) < 4.78 is 5.35. The quantitative estimate of drug-likeness (QED) is 0.242. The number of benzene rings is 1. The van der Waals surface area contributed by atoms with Crippen molar-refractivity contribution in [2.45, 2.75) is 4.90 Å². The normalized spacial score (nSPS) is 10.3. The second-order valence-corrected chi connectivity index (χ2v) is 6.93. The van der Waals surface area contributed by atoms with E-state index in [2.05, 4.69) is 0 Å². The summed E-state index contributed by atoms with van der Waals surface area (Å²) in [6.45, 7) is -0.382. The maximum Gasteiger partial charge on any atom is 0.316 e. The van der Waals surface area contributed by atoms with Gasteiger partial charge in [-0.25, -0.2) is 0 Å². The fourth-order valence-corrected chi connectivity index (χ4v) is 3.38. The Kier molecular flexibility index (Phi) is 6.14. The maximum absolute atomic E-state index is 11.8. The number of carbonyl (C=O) groups is 2. The highest BCUT2D eigenvalue weighted by molar-refractivity contribution is 8.00. The largest absolute Gasteiger partial charge is 0.457 e. The third-order valence-corrected chi connectivity index (χ3v) is 4.93. The molecule has 0 saturated heterocycles. The number of carbonyl (C=O) groups excluding carboxylic acids is 2. The van der Waals surface area contributed by atoms with E-state index in [0.717, 1.165) is 23.1 Å². The number of thioether (sulfide) groups is 1. The Hall–Kier alpha value is -1.90. The van der Waals surface area contributed by atoms with Gasteiger partial charge in [0.05, 0.1) is 24.8 Å². The average Bonchev–Trinajstić information content (AvgIpc) is 2.97. The molecule has 0 aliphatic heterocycles. The molecule has 0 spiro atoms. The zero-order valence-electron chi connectivity index (χ0n) is 11.6. The van der Waals surface area contributed by atoms with E-state index in [4.69, 9.17) is 16.3 Å². The van der Waals surface area contributed by atoms with Crippen LogP contribution >= 0.6 is 34.7 Å². The molecule has 23 heavy (non-hydrogen) atoms. The van der Waals surface area contributed by atoms with E-state index in [9.17, 15) is 19.7 Å². The number of para-hydroxylation sites is 1. The summed E-state index contributed by atoms with van der Waals surface area (Å²) in [6.07, 6.45) is 0. The zero-order chi connectivity index (χ0) is 16.8. The molecule has 0 aliphatic carbocycles. The topological polar surface area (TPSA) is 86.5 Å². The van der Waals surface area contributed by atoms with Crippen molar-refractivity contribution in [1.82, 2.24) is 0 Å². The summed E-state index contributed by atoms with van der Waals surface area (Å²) in [4.78, 5) is 34.5. The van der Waals surface area contributed by atoms with Crippen LogP contribution in [0.2, 0.25) is 4.34 Å². The lowest BCUT2D eigenvalue weighted by atomic mass is 10.3. The first kappa shape index (κ1) is 17.5. The van der Waals surface area contributed by atoms with E-state index in [1.54, 1.807) is 30.3 Å². The van der Waals surface area contributed by atoms with Gasteiger partial charge in [0.1, 0.15) is 0 Å². The number of hydrogen-bond acceptors (Lipinski definition) is 7. The van der Waals surface area contributed by atoms with Crippen LogP contribution < -0.4 is 0 Å². The minimum absolute atomic E-state index is 0.0744. The number of Topliss-reactive ketones (excluding diaryl/α,β-unsaturated/α-hetero) is 1. The minimum atomic E-state index is -0.621. The van der Waals surface area contributed by atoms with Crippen LogP contribution in [0.15, 0.2) is 41.3 Å². The average molecular weight is 372 g/mol. The number of ketones is 1. The van der Waals surface area contributed by atoms with Crippen LogP contribution in [0.5, 0.6) is 0 Å². The number of nitrogens with zero attached hydrogens (tertiary/aromatic N) is 1. The second kappa shape index (κ2) is 8.09. The van der Waals surface area contributed by atoms with E-state index in [1.165, 1.54) is 6.07 Å². The molecule has 120 valence electrons. The molecule has 6 nitrogen and oxygen atoms in total. The van der Waals surface area contributed by atoms with Gasteiger partial charge in [-0.15, -0.1) is 23.1 Å². The van der Waals surface area contributed by atoms with Crippen LogP contribution in [0.1, 0.15) is 9.67 Å². The summed E-state index contributed by atoms with van der Waals surface area (Å²) in [7, 11) is 0. The van der Waals surface area contributed by atoms with E-state index in [0.29, 0.717) is 14.1 Å². The zero-order valence-corrected chi connectivity index (χ0v) is 14.0. The summed E-state index contributed by atoms with van der Waals surface area (Å²) in [5.41, 5.74) is -0.0744. The molecule has 0 N–H and O–H groups in total. The van der Waals surface area contributed by atoms with Gasteiger partial charge in [0.15, 0.2) is 6.61 Å². The first-order valence-electron chi connectivity index (χ1n) is 6.27. The van der Waals surface area contributed by atoms with Crippen molar-refractivity contribution in [2.24, 2.45) is 0 Å². The van der Waals surface area contributed by atoms with Gasteiger partial charge in [0.2, 0.25) is 5.78 Å². The van der Waals surface area contributed by atoms with E-state index in [1.807, 2.05) is 0 Å². The van der Waals surface area contributed by atoms with Gasteiger partial charge in [-0.1, -0.05) is 23.7 Å². The second-order valence-electron chi connectivity index (χ2n) is 4.20. The van der Waals surface area contributed by atoms with Crippen LogP contribution in [-0.4, -0.2) is 29.0 Å². The first-order valence-corrected chi connectivity index (χ1v) is 8.46. The lowest BCUT2D eigenvalue weighted by molar-refractivity contribution is -0.387. The van der Waals surface area contributed by atoms with Crippen molar-refractivity contribution in [1.29, 1.82) is 0 Å². The van der Waals surface area contributed by atoms with Crippen molar-refractivity contribution in [2.75, 3.05) is 12.4 Å². The number of halogens is 1. The van der Waals surface area contributed by atoms with Crippen LogP contribution in [0.3, 0.4) is 0 Å². The summed E-state index contributed by atoms with van der Waals surface area (Å²) in [5, 5.41) is 10.9. The highest BCUT2D eigenvalue weighted by Crippen LogP contribution is 2.28. The molecule has 2 aromatic rings. The Labute approximate surface area is 144 Å². The molecule has 1 aromatic carbocycles. The molecule has 0 fully saturated rings. The lowest BCUT2D eigenvalue weighted by Crippen LogP contribution is -2.14. The number of hydrogen-bond donors (Lipinski definition) is 0. The predicted octanol–water partition coefficient (Wildman–Crippen LogP) is 3.83. The number of nitro benzene ring substituents is 1. The summed E-state index contributed by atoms with van der Waals surface area (Å²) >= 11 is 7.82. The molecular formula is C14H10ClNO5S2. The third-order valence-electron chi connectivity index (χ3n) is 2.62. The van der Waals surface area contributed by atoms with Gasteiger partial charge in [0.25, 0.3) is 5.69 Å². The third kappa shape index (κ3) is 5.05. The first-order chi connectivity index (χ1) is 11.0. The number of ether oxygens (including phenoxy) is 1. The monoisotopic (exact) mass is 371 g/mol. The molecule has 0 atom stereocenters. The van der Waals surface area contributed by atoms with Crippen molar-refractivity contribution < 1.29 is 19.2 Å². The Morgan fingerprint density at radius 3 is 2.65 bits per heavy atom. The smallest absolute Gasteiger partial charge is 0.316 e. The fourth-order valence-electron chi connectivity index (χ4n) is 1.59. The molecule has 0 aliphatic rings. The van der Waals surface area contributed by atoms with Crippen molar-refractivity contribution >= 4 is 52.1 Å². The molecule has 0 bridgehead atoms. The van der Waals surface area contributed by atoms with Gasteiger partial charge < -0.3 is 4.74 Å². The highest BCUT2D eigenvalue weighted by Gasteiger charge is 2.16. The molecule has 0 amide bonds. The van der Waals surface area contributed by atoms with Gasteiger partial charge in [-0.3, -0.25) is 19.7 Å². The molecule has 2 rings (SSSR count). The van der Waals surface area contributed by atoms with Gasteiger partial charge >= 0.3 is 5.97 Å². The number of thiophene rings is 1. The van der Waals surface area contributed by atoms with E-state index in [-0.39, 0.29) is 23.8 Å². The summed E-state index contributed by atoms with van der Waals surface area (Å²) in [5.74, 6) is -1.08. The van der Waals surface area contributed by atoms with Crippen LogP contribution in [0, 0.1) is 10.1 Å². The van der Waals surface area contributed by atoms with Crippen molar-refractivity contribution in [3.05, 3.63) is 55.7 Å². The minimum Gasteiger partial charge on any atom is -0.457 e. The van der Waals surface area contributed by atoms with Gasteiger partial charge in [-0.2, -0.15) is 0 Å². The Bertz CT molecular complexity index is 746. The van der Waals surface area contributed by atoms with Crippen LogP contribution in [-0.2, 0) is 9.53 Å². The summed E-state index contributed by atoms with van der Waals surface area (Å²) in [6, 6.07) is 9.25. The number of nitro groups is 1. The Morgan fingerprint density at radius 1 is 1.26 bits per heavy atom.